The van der Waals surface area contributed by atoms with Crippen LogP contribution in [-0.4, -0.2) is 260 Å². The highest BCUT2D eigenvalue weighted by Gasteiger charge is 2.31. The van der Waals surface area contributed by atoms with Gasteiger partial charge in [-0.25, -0.2) is 58.0 Å². The number of nitrogens with zero attached hydrogens (tertiary/aromatic N) is 19. The lowest BCUT2D eigenvalue weighted by atomic mass is 10.1. The Morgan fingerprint density at radius 3 is 1.22 bits per heavy atom. The third-order valence-electron chi connectivity index (χ3n) is 20.7. The predicted molar refractivity (Wildman–Crippen MR) is 560 cm³/mol. The quantitative estimate of drug-likeness (QED) is 0.0106. The van der Waals surface area contributed by atoms with E-state index in [1.165, 1.54) is 88.9 Å². The average Bonchev–Trinajstić information content (AvgIpc) is 1.66. The Morgan fingerprint density at radius 1 is 0.424 bits per heavy atom. The van der Waals surface area contributed by atoms with Crippen molar-refractivity contribution in [2.24, 2.45) is 5.73 Å². The van der Waals surface area contributed by atoms with E-state index in [2.05, 4.69) is 95.3 Å². The number of aromatic amines is 6. The Bertz CT molecular complexity index is 7970. The highest BCUT2D eigenvalue weighted by atomic mass is 35.5. The van der Waals surface area contributed by atoms with Crippen molar-refractivity contribution in [3.05, 3.63) is 276 Å². The minimum Gasteiger partial charge on any atom is -0.480 e. The van der Waals surface area contributed by atoms with Crippen molar-refractivity contribution >= 4 is 212 Å². The number of Topliss-reactive ketones (excluding diaryl/α,β-unsaturated/α-hetero) is 1. The number of aromatic nitrogens is 24. The Labute approximate surface area is 865 Å². The summed E-state index contributed by atoms with van der Waals surface area (Å²) in [4.78, 5) is 153. The fourth-order valence-corrected chi connectivity index (χ4v) is 19.0. The highest BCUT2D eigenvalue weighted by molar-refractivity contribution is 8.01. The summed E-state index contributed by atoms with van der Waals surface area (Å²) in [6.45, 7) is 11.7. The molecule has 41 nitrogen and oxygen atoms in total. The molecular formula is C92H89Cl5N26O15S6. The second kappa shape index (κ2) is 50.7. The van der Waals surface area contributed by atoms with E-state index in [0.29, 0.717) is 183 Å². The van der Waals surface area contributed by atoms with E-state index < -0.39 is 21.9 Å². The van der Waals surface area contributed by atoms with Gasteiger partial charge in [-0.1, -0.05) is 189 Å². The molecule has 6 aromatic carbocycles. The first-order valence-corrected chi connectivity index (χ1v) is 51.3. The van der Waals surface area contributed by atoms with Gasteiger partial charge in [-0.3, -0.25) is 48.1 Å². The number of halogens is 5. The minimum atomic E-state index is -1.11. The van der Waals surface area contributed by atoms with Gasteiger partial charge in [-0.05, 0) is 138 Å². The number of hydrogen-bond donors (Lipinski definition) is 11. The molecule has 0 spiro atoms. The number of carboxylic acids is 1. The monoisotopic (exact) mass is 2160 g/mol. The summed E-state index contributed by atoms with van der Waals surface area (Å²) in [6.07, 6.45) is 10.7. The highest BCUT2D eigenvalue weighted by Crippen LogP contribution is 2.34. The first-order chi connectivity index (χ1) is 69.5. The summed E-state index contributed by atoms with van der Waals surface area (Å²) in [5.74, 6) is 0.407. The fraction of sp³-hybridized carbons (Fsp3) is 0.250. The van der Waals surface area contributed by atoms with Crippen LogP contribution in [0.2, 0.25) is 25.1 Å². The lowest BCUT2D eigenvalue weighted by Crippen LogP contribution is -2.37. The maximum Gasteiger partial charge on any atom is 0.319 e. The summed E-state index contributed by atoms with van der Waals surface area (Å²) >= 11 is 37.9. The Morgan fingerprint density at radius 2 is 0.799 bits per heavy atom. The topological polar surface area (TPSA) is 561 Å². The second-order valence-corrected chi connectivity index (χ2v) is 40.8. The molecule has 1 aliphatic heterocycles. The maximum absolute atomic E-state index is 12.6. The minimum absolute atomic E-state index is 0.0101. The van der Waals surface area contributed by atoms with E-state index in [1.54, 1.807) is 105 Å². The molecule has 1 fully saturated rings. The Kier molecular flexibility index (Phi) is 37.7. The van der Waals surface area contributed by atoms with E-state index >= 15 is 0 Å². The Hall–Kier alpha value is -12.7. The van der Waals surface area contributed by atoms with Crippen LogP contribution in [-0.2, 0) is 23.9 Å². The number of morpholine rings is 1. The van der Waals surface area contributed by atoms with Gasteiger partial charge in [0.25, 0.3) is 33.4 Å². The molecule has 19 rings (SSSR count). The standard InChI is InChI=1S/C21H24ClN5O3S.C15H15ClN4O3S.C15H14N4O3S.C14H12ClN5O2S.C14H13ClN4O2S.C13H11ClN4O2S/c1-14(18(28)6-3-7-26-8-10-30-11-9-26)31-21-24-19-17(20(29)25-21)13-23-27(19)16-5-2-4-15(22)12-16;16-11-3-1-2-4-12(11)20-13-10(9-17-20)14(22)19-15(18-13)24-8-7-23-6-5-21;1-15(2,13(21)22)23-14-17-11-10(12(20)18-14)8-16-19(11)9-6-4-3-5-7-9;1-7(11(16)21)23-14-18-12-10(13(22)19-14)6-17-20(12)9-4-2-8(15)3-5-9;15-10-4-1-2-5-11(10)19-12-9(8-16-19)13(21)18-14(17-12)22-7-3-6-20;14-9-3-1-2-4-10(9)18-11-8(7-15-18)12(20)17-13(16-11)21-6-5-19/h2,4-5,12-14H,3,6-11H2,1H3,(H,24,25,29);1-4,9,21H,5-8H2,(H,18,19,22);3-8H,1-2H3,(H,21,22)(H,17,18,20);2-7H,1H3,(H2,16,21)(H,18,19,22);1-2,4-5,8,20H,3,6-7H2,(H,17,18,21);1-4,7,19H,5-6H2,(H,16,17,20). The molecule has 18 aromatic rings. The van der Waals surface area contributed by atoms with Crippen molar-refractivity contribution in [3.63, 3.8) is 0 Å². The summed E-state index contributed by atoms with van der Waals surface area (Å²) in [6, 6.07) is 45.2. The lowest BCUT2D eigenvalue weighted by Gasteiger charge is -2.26. The SMILES string of the molecule is CC(C)(Sc1nc2c(cnn2-c2ccccc2)c(=O)[nH]1)C(=O)O.CC(Sc1nc2c(cnn2-c2ccc(Cl)cc2)c(=O)[nH]1)C(N)=O.CC(Sc1nc2c(cnn2-c2cccc(Cl)c2)c(=O)[nH]1)C(=O)CCCN1CCOCC1.O=c1[nH]c(SCCCO)nc2c1cnn2-c1ccccc1Cl.O=c1[nH]c(SCCO)nc2c1cnn2-c1ccccc1Cl.O=c1[nH]c(SCCOCCO)nc2c1cnn2-c1ccccc1Cl. The van der Waals surface area contributed by atoms with Crippen molar-refractivity contribution in [2.45, 2.75) is 93.1 Å². The molecule has 13 heterocycles. The van der Waals surface area contributed by atoms with Crippen LogP contribution in [0.25, 0.3) is 100 Å². The van der Waals surface area contributed by atoms with Gasteiger partial charge in [0.15, 0.2) is 64.8 Å². The molecule has 0 saturated carbocycles. The zero-order valence-corrected chi connectivity index (χ0v) is 85.2. The zero-order chi connectivity index (χ0) is 102. The second-order valence-electron chi connectivity index (χ2n) is 31.2. The molecular weight excluding hydrogens is 2080 g/mol. The number of H-pyrrole nitrogens is 6. The van der Waals surface area contributed by atoms with Crippen molar-refractivity contribution < 1.29 is 44.3 Å². The van der Waals surface area contributed by atoms with E-state index in [4.69, 9.17) is 88.5 Å². The predicted octanol–water partition coefficient (Wildman–Crippen LogP) is 12.7. The van der Waals surface area contributed by atoms with Crippen molar-refractivity contribution in [3.8, 4) is 34.1 Å². The summed E-state index contributed by atoms with van der Waals surface area (Å²) in [7, 11) is 0. The van der Waals surface area contributed by atoms with E-state index in [0.717, 1.165) is 74.2 Å². The molecule has 0 radical (unpaired) electrons. The number of ketones is 1. The fourth-order valence-electron chi connectivity index (χ4n) is 13.5. The number of fused-ring (bicyclic) bond motifs is 6. The lowest BCUT2D eigenvalue weighted by molar-refractivity contribution is -0.139. The number of para-hydroxylation sites is 4. The first kappa shape index (κ1) is 107. The van der Waals surface area contributed by atoms with Gasteiger partial charge in [0.05, 0.1) is 137 Å². The van der Waals surface area contributed by atoms with Crippen molar-refractivity contribution in [2.75, 3.05) is 83.1 Å². The largest absolute Gasteiger partial charge is 0.480 e. The number of nitrogens with two attached hydrogens (primary N) is 1. The summed E-state index contributed by atoms with van der Waals surface area (Å²) < 4.78 is 18.8. The van der Waals surface area contributed by atoms with Crippen LogP contribution in [0.4, 0.5) is 0 Å². The van der Waals surface area contributed by atoms with Crippen LogP contribution in [0.3, 0.4) is 0 Å². The average molecular weight is 2170 g/mol. The van der Waals surface area contributed by atoms with E-state index in [1.807, 2.05) is 97.9 Å². The number of aliphatic carboxylic acids is 1. The van der Waals surface area contributed by atoms with Crippen LogP contribution >= 0.6 is 129 Å². The third kappa shape index (κ3) is 27.3. The third-order valence-corrected chi connectivity index (χ3v) is 27.9. The number of ether oxygens (including phenoxy) is 2. The number of primary amides is 1. The molecule has 0 aliphatic carbocycles. The van der Waals surface area contributed by atoms with Gasteiger partial charge in [0.2, 0.25) is 5.91 Å². The summed E-state index contributed by atoms with van der Waals surface area (Å²) in [5, 5.41) is 67.5. The number of carboxylic acid groups (broad SMARTS) is 1. The number of amides is 1. The van der Waals surface area contributed by atoms with Crippen molar-refractivity contribution in [1.29, 1.82) is 0 Å². The molecule has 52 heteroatoms. The number of rotatable bonds is 32. The normalized spacial score (nSPS) is 12.5. The number of aliphatic hydroxyl groups is 3. The molecule has 12 N–H and O–H groups in total. The molecule has 2 atom stereocenters. The van der Waals surface area contributed by atoms with Gasteiger partial charge >= 0.3 is 5.97 Å². The number of aliphatic hydroxyl groups excluding tert-OH is 3. The number of benzene rings is 6. The van der Waals surface area contributed by atoms with Crippen LogP contribution in [0, 0.1) is 0 Å². The molecule has 748 valence electrons. The van der Waals surface area contributed by atoms with E-state index in [-0.39, 0.29) is 69.4 Å². The molecule has 1 saturated heterocycles. The molecule has 2 unspecified atom stereocenters. The number of hydrogen-bond acceptors (Lipinski definition) is 33. The molecule has 1 amide bonds. The number of carbonyl (C=O) groups is 3. The molecule has 144 heavy (non-hydrogen) atoms. The molecule has 1 aliphatic rings. The maximum atomic E-state index is 12.6. The van der Waals surface area contributed by atoms with Gasteiger partial charge < -0.3 is 65.5 Å². The number of thioether (sulfide) groups is 6. The van der Waals surface area contributed by atoms with Gasteiger partial charge in [-0.2, -0.15) is 30.6 Å². The molecule has 12 aromatic heterocycles. The smallest absolute Gasteiger partial charge is 0.319 e. The van der Waals surface area contributed by atoms with Crippen LogP contribution in [0.15, 0.2) is 249 Å². The van der Waals surface area contributed by atoms with Gasteiger partial charge in [-0.15, -0.1) is 0 Å². The van der Waals surface area contributed by atoms with Crippen LogP contribution in [0.1, 0.15) is 47.0 Å². The van der Waals surface area contributed by atoms with Gasteiger partial charge in [0.1, 0.15) is 42.8 Å². The van der Waals surface area contributed by atoms with E-state index in [9.17, 15) is 48.3 Å². The zero-order valence-electron chi connectivity index (χ0n) is 76.6. The van der Waals surface area contributed by atoms with Gasteiger partial charge in [0, 0.05) is 53.4 Å². The number of nitrogens with one attached hydrogen (secondary N) is 6. The number of carbonyl (C=O) groups excluding carboxylic acids is 2. The van der Waals surface area contributed by atoms with Crippen molar-refractivity contribution in [1.82, 2.24) is 123 Å². The van der Waals surface area contributed by atoms with Crippen LogP contribution < -0.4 is 39.1 Å². The molecule has 0 bridgehead atoms. The first-order valence-electron chi connectivity index (χ1n) is 43.8. The van der Waals surface area contributed by atoms with Crippen LogP contribution in [0.5, 0.6) is 0 Å². The summed E-state index contributed by atoms with van der Waals surface area (Å²) in [5.41, 5.74) is 10.3. The Balaban J connectivity index is 0.000000138.